The van der Waals surface area contributed by atoms with Crippen LogP contribution in [-0.2, 0) is 0 Å². The van der Waals surface area contributed by atoms with E-state index < -0.39 is 6.10 Å². The Bertz CT molecular complexity index is 583. The van der Waals surface area contributed by atoms with E-state index in [-0.39, 0.29) is 0 Å². The summed E-state index contributed by atoms with van der Waals surface area (Å²) in [5.74, 6) is 1.04. The molecule has 0 amide bonds. The van der Waals surface area contributed by atoms with Crippen molar-refractivity contribution in [2.24, 2.45) is 0 Å². The van der Waals surface area contributed by atoms with Crippen molar-refractivity contribution >= 4 is 34.5 Å². The molecule has 0 saturated heterocycles. The lowest BCUT2D eigenvalue weighted by molar-refractivity contribution is 0.223. The van der Waals surface area contributed by atoms with Gasteiger partial charge in [0.15, 0.2) is 11.5 Å². The molecule has 2 rings (SSSR count). The number of aliphatic hydroxyl groups is 1. The number of halogens is 2. The average molecular weight is 319 g/mol. The molecule has 19 heavy (non-hydrogen) atoms. The predicted octanol–water partition coefficient (Wildman–Crippen LogP) is 4.15. The number of methoxy groups -OCH3 is 2. The molecular formula is C13H12Cl2O3S. The molecule has 1 atom stereocenters. The summed E-state index contributed by atoms with van der Waals surface area (Å²) in [4.78, 5) is 0.721. The topological polar surface area (TPSA) is 38.7 Å². The van der Waals surface area contributed by atoms with Gasteiger partial charge in [0, 0.05) is 16.5 Å². The number of benzene rings is 1. The minimum atomic E-state index is -0.843. The van der Waals surface area contributed by atoms with E-state index in [0.717, 1.165) is 4.88 Å². The van der Waals surface area contributed by atoms with Crippen molar-refractivity contribution < 1.29 is 14.6 Å². The molecule has 0 radical (unpaired) electrons. The summed E-state index contributed by atoms with van der Waals surface area (Å²) in [6.07, 6.45) is -0.843. The fourth-order valence-corrected chi connectivity index (χ4v) is 3.03. The van der Waals surface area contributed by atoms with Crippen LogP contribution in [0.1, 0.15) is 16.5 Å². The monoisotopic (exact) mass is 318 g/mol. The second-order valence-corrected chi connectivity index (χ2v) is 5.93. The van der Waals surface area contributed by atoms with Crippen molar-refractivity contribution in [1.82, 2.24) is 0 Å². The lowest BCUT2D eigenvalue weighted by Crippen LogP contribution is -2.00. The summed E-state index contributed by atoms with van der Waals surface area (Å²) in [6.45, 7) is 0. The third-order valence-electron chi connectivity index (χ3n) is 2.66. The lowest BCUT2D eigenvalue weighted by Gasteiger charge is -2.15. The van der Waals surface area contributed by atoms with E-state index in [1.165, 1.54) is 25.6 Å². The highest BCUT2D eigenvalue weighted by Crippen LogP contribution is 2.39. The molecule has 1 aromatic heterocycles. The first-order chi connectivity index (χ1) is 9.06. The van der Waals surface area contributed by atoms with Gasteiger partial charge < -0.3 is 14.6 Å². The second kappa shape index (κ2) is 6.01. The fourth-order valence-electron chi connectivity index (χ4n) is 1.71. The predicted molar refractivity (Wildman–Crippen MR) is 77.9 cm³/mol. The molecule has 102 valence electrons. The van der Waals surface area contributed by atoms with Crippen LogP contribution in [-0.4, -0.2) is 19.3 Å². The standard InChI is InChI=1S/C13H12Cl2O3S/c1-17-9-5-7(8(14)6-10(9)18-2)13(16)11-3-4-12(15)19-11/h3-6,13,16H,1-2H3. The highest BCUT2D eigenvalue weighted by Gasteiger charge is 2.19. The Morgan fingerprint density at radius 3 is 2.26 bits per heavy atom. The summed E-state index contributed by atoms with van der Waals surface area (Å²) < 4.78 is 11.0. The molecule has 1 unspecified atom stereocenters. The molecule has 1 N–H and O–H groups in total. The number of rotatable bonds is 4. The van der Waals surface area contributed by atoms with Crippen LogP contribution in [0.15, 0.2) is 24.3 Å². The zero-order chi connectivity index (χ0) is 14.0. The van der Waals surface area contributed by atoms with E-state index in [9.17, 15) is 5.11 Å². The van der Waals surface area contributed by atoms with Crippen LogP contribution in [0.4, 0.5) is 0 Å². The van der Waals surface area contributed by atoms with Gasteiger partial charge in [0.05, 0.1) is 23.6 Å². The van der Waals surface area contributed by atoms with Crippen LogP contribution in [0.2, 0.25) is 9.36 Å². The Labute approximate surface area is 125 Å². The molecule has 1 aromatic carbocycles. The third-order valence-corrected chi connectivity index (χ3v) is 4.27. The SMILES string of the molecule is COc1cc(Cl)c(C(O)c2ccc(Cl)s2)cc1OC. The van der Waals surface area contributed by atoms with Crippen LogP contribution in [0.5, 0.6) is 11.5 Å². The van der Waals surface area contributed by atoms with E-state index in [1.54, 1.807) is 24.3 Å². The van der Waals surface area contributed by atoms with E-state index in [1.807, 2.05) is 0 Å². The van der Waals surface area contributed by atoms with Crippen molar-refractivity contribution in [3.05, 3.63) is 44.1 Å². The first kappa shape index (κ1) is 14.5. The minimum Gasteiger partial charge on any atom is -0.493 e. The maximum absolute atomic E-state index is 10.3. The number of hydrogen-bond acceptors (Lipinski definition) is 4. The Balaban J connectivity index is 2.44. The molecule has 0 fully saturated rings. The summed E-state index contributed by atoms with van der Waals surface area (Å²) >= 11 is 13.3. The molecule has 0 saturated carbocycles. The van der Waals surface area contributed by atoms with Gasteiger partial charge in [0.2, 0.25) is 0 Å². The molecule has 0 aliphatic carbocycles. The van der Waals surface area contributed by atoms with Gasteiger partial charge in [-0.2, -0.15) is 0 Å². The smallest absolute Gasteiger partial charge is 0.162 e. The van der Waals surface area contributed by atoms with Gasteiger partial charge in [-0.15, -0.1) is 11.3 Å². The largest absolute Gasteiger partial charge is 0.493 e. The van der Waals surface area contributed by atoms with E-state index in [0.29, 0.717) is 26.4 Å². The zero-order valence-electron chi connectivity index (χ0n) is 10.3. The first-order valence-electron chi connectivity index (χ1n) is 5.41. The lowest BCUT2D eigenvalue weighted by atomic mass is 10.1. The Hall–Kier alpha value is -0.940. The fraction of sp³-hybridized carbons (Fsp3) is 0.231. The van der Waals surface area contributed by atoms with E-state index in [2.05, 4.69) is 0 Å². The third kappa shape index (κ3) is 2.98. The van der Waals surface area contributed by atoms with Crippen LogP contribution < -0.4 is 9.47 Å². The number of aliphatic hydroxyl groups excluding tert-OH is 1. The molecule has 0 spiro atoms. The summed E-state index contributed by atoms with van der Waals surface area (Å²) in [6, 6.07) is 6.79. The van der Waals surface area contributed by atoms with Gasteiger partial charge in [-0.1, -0.05) is 23.2 Å². The van der Waals surface area contributed by atoms with Gasteiger partial charge in [-0.3, -0.25) is 0 Å². The number of hydrogen-bond donors (Lipinski definition) is 1. The average Bonchev–Trinajstić information content (AvgIpc) is 2.84. The van der Waals surface area contributed by atoms with Gasteiger partial charge >= 0.3 is 0 Å². The van der Waals surface area contributed by atoms with Crippen molar-refractivity contribution in [3.63, 3.8) is 0 Å². The number of thiophene rings is 1. The highest BCUT2D eigenvalue weighted by atomic mass is 35.5. The van der Waals surface area contributed by atoms with Crippen molar-refractivity contribution in [1.29, 1.82) is 0 Å². The van der Waals surface area contributed by atoms with Gasteiger partial charge in [0.1, 0.15) is 6.10 Å². The Morgan fingerprint density at radius 2 is 1.74 bits per heavy atom. The normalized spacial score (nSPS) is 12.3. The minimum absolute atomic E-state index is 0.412. The molecule has 0 aliphatic heterocycles. The maximum Gasteiger partial charge on any atom is 0.162 e. The van der Waals surface area contributed by atoms with Crippen LogP contribution in [0, 0.1) is 0 Å². The maximum atomic E-state index is 10.3. The van der Waals surface area contributed by atoms with Crippen molar-refractivity contribution in [2.45, 2.75) is 6.10 Å². The van der Waals surface area contributed by atoms with E-state index in [4.69, 9.17) is 32.7 Å². The van der Waals surface area contributed by atoms with Crippen LogP contribution >= 0.6 is 34.5 Å². The summed E-state index contributed by atoms with van der Waals surface area (Å²) in [5.41, 5.74) is 0.554. The molecule has 3 nitrogen and oxygen atoms in total. The van der Waals surface area contributed by atoms with Crippen LogP contribution in [0.25, 0.3) is 0 Å². The molecule has 2 aromatic rings. The van der Waals surface area contributed by atoms with Gasteiger partial charge in [-0.05, 0) is 18.2 Å². The van der Waals surface area contributed by atoms with Gasteiger partial charge in [-0.25, -0.2) is 0 Å². The molecule has 0 aliphatic rings. The van der Waals surface area contributed by atoms with Crippen molar-refractivity contribution in [3.8, 4) is 11.5 Å². The van der Waals surface area contributed by atoms with Gasteiger partial charge in [0.25, 0.3) is 0 Å². The van der Waals surface area contributed by atoms with Crippen molar-refractivity contribution in [2.75, 3.05) is 14.2 Å². The number of ether oxygens (including phenoxy) is 2. The molecule has 0 bridgehead atoms. The Morgan fingerprint density at radius 1 is 1.11 bits per heavy atom. The molecule has 6 heteroatoms. The quantitative estimate of drug-likeness (QED) is 0.920. The second-order valence-electron chi connectivity index (χ2n) is 3.77. The Kier molecular flexibility index (Phi) is 4.58. The first-order valence-corrected chi connectivity index (χ1v) is 6.98. The molecular weight excluding hydrogens is 307 g/mol. The van der Waals surface area contributed by atoms with E-state index >= 15 is 0 Å². The summed E-state index contributed by atoms with van der Waals surface area (Å²) in [5, 5.41) is 10.8. The summed E-state index contributed by atoms with van der Waals surface area (Å²) in [7, 11) is 3.06. The van der Waals surface area contributed by atoms with Crippen LogP contribution in [0.3, 0.4) is 0 Å². The zero-order valence-corrected chi connectivity index (χ0v) is 12.6. The highest BCUT2D eigenvalue weighted by molar-refractivity contribution is 7.16. The molecule has 1 heterocycles.